The van der Waals surface area contributed by atoms with E-state index in [0.717, 1.165) is 22.4 Å². The molecule has 2 aromatic rings. The van der Waals surface area contributed by atoms with Gasteiger partial charge in [-0.3, -0.25) is 9.59 Å². The van der Waals surface area contributed by atoms with Gasteiger partial charge in [0.1, 0.15) is 6.42 Å². The summed E-state index contributed by atoms with van der Waals surface area (Å²) in [5, 5.41) is 2.85. The van der Waals surface area contributed by atoms with Crippen molar-refractivity contribution in [2.75, 3.05) is 5.32 Å². The first-order valence-corrected chi connectivity index (χ1v) is 8.58. The lowest BCUT2D eigenvalue weighted by Gasteiger charge is -2.27. The van der Waals surface area contributed by atoms with Crippen molar-refractivity contribution in [2.45, 2.75) is 46.7 Å². The van der Waals surface area contributed by atoms with Crippen LogP contribution in [0.4, 0.5) is 5.69 Å². The zero-order valence-electron chi connectivity index (χ0n) is 15.4. The minimum Gasteiger partial charge on any atom is -0.336 e. The average Bonchev–Trinajstić information content (AvgIpc) is 2.57. The van der Waals surface area contributed by atoms with Crippen LogP contribution in [0.5, 0.6) is 0 Å². The molecule has 0 heterocycles. The van der Waals surface area contributed by atoms with Crippen molar-refractivity contribution < 1.29 is 9.59 Å². The SMILES string of the molecule is Cc1cccc(NC(=O)CC(=O)N(Cc2ccccc2)C(C)C)c1C. The third-order valence-electron chi connectivity index (χ3n) is 4.33. The van der Waals surface area contributed by atoms with Crippen molar-refractivity contribution in [3.63, 3.8) is 0 Å². The maximum Gasteiger partial charge on any atom is 0.233 e. The Kier molecular flexibility index (Phi) is 6.34. The van der Waals surface area contributed by atoms with E-state index in [0.29, 0.717) is 6.54 Å². The molecular formula is C21H26N2O2. The third kappa shape index (κ3) is 5.18. The largest absolute Gasteiger partial charge is 0.336 e. The van der Waals surface area contributed by atoms with Crippen LogP contribution in [-0.4, -0.2) is 22.8 Å². The highest BCUT2D eigenvalue weighted by Gasteiger charge is 2.20. The molecule has 0 aromatic heterocycles. The summed E-state index contributed by atoms with van der Waals surface area (Å²) in [6, 6.07) is 15.6. The second kappa shape index (κ2) is 8.47. The van der Waals surface area contributed by atoms with Gasteiger partial charge in [-0.05, 0) is 50.5 Å². The van der Waals surface area contributed by atoms with Gasteiger partial charge >= 0.3 is 0 Å². The second-order valence-electron chi connectivity index (χ2n) is 6.57. The number of carbonyl (C=O) groups is 2. The Bertz CT molecular complexity index is 739. The number of aryl methyl sites for hydroxylation is 1. The number of hydrogen-bond donors (Lipinski definition) is 1. The highest BCUT2D eigenvalue weighted by molar-refractivity contribution is 6.04. The molecule has 0 atom stereocenters. The Balaban J connectivity index is 2.02. The lowest BCUT2D eigenvalue weighted by molar-refractivity contribution is -0.136. The zero-order chi connectivity index (χ0) is 18.4. The summed E-state index contributed by atoms with van der Waals surface area (Å²) in [5.74, 6) is -0.445. The van der Waals surface area contributed by atoms with E-state index in [2.05, 4.69) is 5.32 Å². The predicted molar refractivity (Wildman–Crippen MR) is 101 cm³/mol. The van der Waals surface area contributed by atoms with Gasteiger partial charge in [-0.25, -0.2) is 0 Å². The predicted octanol–water partition coefficient (Wildman–Crippen LogP) is 4.07. The fourth-order valence-electron chi connectivity index (χ4n) is 2.66. The molecule has 2 rings (SSSR count). The molecule has 2 aromatic carbocycles. The minimum atomic E-state index is -0.280. The molecule has 0 aliphatic carbocycles. The van der Waals surface area contributed by atoms with Crippen molar-refractivity contribution in [1.29, 1.82) is 0 Å². The molecule has 0 unspecified atom stereocenters. The fourth-order valence-corrected chi connectivity index (χ4v) is 2.66. The van der Waals surface area contributed by atoms with Crippen LogP contribution in [-0.2, 0) is 16.1 Å². The Labute approximate surface area is 149 Å². The number of nitrogens with one attached hydrogen (secondary N) is 1. The molecule has 25 heavy (non-hydrogen) atoms. The molecule has 0 spiro atoms. The fraction of sp³-hybridized carbons (Fsp3) is 0.333. The summed E-state index contributed by atoms with van der Waals surface area (Å²) < 4.78 is 0. The van der Waals surface area contributed by atoms with Crippen molar-refractivity contribution in [3.8, 4) is 0 Å². The Hall–Kier alpha value is -2.62. The maximum atomic E-state index is 12.6. The van der Waals surface area contributed by atoms with Gasteiger partial charge in [-0.15, -0.1) is 0 Å². The van der Waals surface area contributed by atoms with E-state index in [1.54, 1.807) is 4.90 Å². The molecule has 0 aliphatic rings. The Morgan fingerprint density at radius 3 is 2.32 bits per heavy atom. The third-order valence-corrected chi connectivity index (χ3v) is 4.33. The van der Waals surface area contributed by atoms with E-state index in [4.69, 9.17) is 0 Å². The van der Waals surface area contributed by atoms with Crippen LogP contribution in [0.15, 0.2) is 48.5 Å². The first-order valence-electron chi connectivity index (χ1n) is 8.58. The van der Waals surface area contributed by atoms with Gasteiger partial charge in [0.05, 0.1) is 0 Å². The molecule has 2 amide bonds. The van der Waals surface area contributed by atoms with E-state index in [9.17, 15) is 9.59 Å². The molecule has 4 heteroatoms. The van der Waals surface area contributed by atoms with Gasteiger partial charge < -0.3 is 10.2 Å². The van der Waals surface area contributed by atoms with Crippen LogP contribution in [0.2, 0.25) is 0 Å². The van der Waals surface area contributed by atoms with Crippen LogP contribution < -0.4 is 5.32 Å². The molecule has 0 radical (unpaired) electrons. The summed E-state index contributed by atoms with van der Waals surface area (Å²) in [5.41, 5.74) is 3.95. The Morgan fingerprint density at radius 1 is 1.00 bits per heavy atom. The normalized spacial score (nSPS) is 10.6. The zero-order valence-corrected chi connectivity index (χ0v) is 15.4. The van der Waals surface area contributed by atoms with E-state index < -0.39 is 0 Å². The summed E-state index contributed by atoms with van der Waals surface area (Å²) in [4.78, 5) is 26.6. The average molecular weight is 338 g/mol. The Morgan fingerprint density at radius 2 is 1.68 bits per heavy atom. The van der Waals surface area contributed by atoms with Gasteiger partial charge in [0.15, 0.2) is 0 Å². The van der Waals surface area contributed by atoms with Gasteiger partial charge in [-0.1, -0.05) is 42.5 Å². The summed E-state index contributed by atoms with van der Waals surface area (Å²) in [6.45, 7) is 8.39. The molecule has 0 saturated carbocycles. The lowest BCUT2D eigenvalue weighted by atomic mass is 10.1. The lowest BCUT2D eigenvalue weighted by Crippen LogP contribution is -2.38. The van der Waals surface area contributed by atoms with Gasteiger partial charge in [0.2, 0.25) is 11.8 Å². The quantitative estimate of drug-likeness (QED) is 0.807. The molecule has 0 aliphatic heterocycles. The number of rotatable bonds is 6. The van der Waals surface area contributed by atoms with Crippen LogP contribution >= 0.6 is 0 Å². The first kappa shape index (κ1) is 18.7. The van der Waals surface area contributed by atoms with E-state index >= 15 is 0 Å². The number of carbonyl (C=O) groups excluding carboxylic acids is 2. The molecule has 0 fully saturated rings. The number of nitrogens with zero attached hydrogens (tertiary/aromatic N) is 1. The molecule has 4 nitrogen and oxygen atoms in total. The highest BCUT2D eigenvalue weighted by Crippen LogP contribution is 2.18. The van der Waals surface area contributed by atoms with E-state index in [1.165, 1.54) is 0 Å². The molecule has 132 valence electrons. The van der Waals surface area contributed by atoms with E-state index in [1.807, 2.05) is 76.2 Å². The minimum absolute atomic E-state index is 0.0289. The summed E-state index contributed by atoms with van der Waals surface area (Å²) in [6.07, 6.45) is -0.154. The van der Waals surface area contributed by atoms with Crippen molar-refractivity contribution >= 4 is 17.5 Å². The topological polar surface area (TPSA) is 49.4 Å². The first-order chi connectivity index (χ1) is 11.9. The molecule has 0 saturated heterocycles. The maximum absolute atomic E-state index is 12.6. The standard InChI is InChI=1S/C21H26N2O2/c1-15(2)23(14-18-10-6-5-7-11-18)21(25)13-20(24)22-19-12-8-9-16(3)17(19)4/h5-12,15H,13-14H2,1-4H3,(H,22,24). The van der Waals surface area contributed by atoms with Crippen LogP contribution in [0.1, 0.15) is 37.0 Å². The number of anilines is 1. The molecule has 1 N–H and O–H groups in total. The van der Waals surface area contributed by atoms with Crippen molar-refractivity contribution in [1.82, 2.24) is 4.90 Å². The summed E-state index contributed by atoms with van der Waals surface area (Å²) >= 11 is 0. The van der Waals surface area contributed by atoms with Crippen molar-refractivity contribution in [2.24, 2.45) is 0 Å². The van der Waals surface area contributed by atoms with Crippen LogP contribution in [0, 0.1) is 13.8 Å². The van der Waals surface area contributed by atoms with Crippen LogP contribution in [0.25, 0.3) is 0 Å². The van der Waals surface area contributed by atoms with Gasteiger partial charge in [0.25, 0.3) is 0 Å². The smallest absolute Gasteiger partial charge is 0.233 e. The number of hydrogen-bond acceptors (Lipinski definition) is 2. The monoisotopic (exact) mass is 338 g/mol. The molecule has 0 bridgehead atoms. The van der Waals surface area contributed by atoms with Crippen molar-refractivity contribution in [3.05, 3.63) is 65.2 Å². The summed E-state index contributed by atoms with van der Waals surface area (Å²) in [7, 11) is 0. The van der Waals surface area contributed by atoms with Crippen LogP contribution in [0.3, 0.4) is 0 Å². The highest BCUT2D eigenvalue weighted by atomic mass is 16.2. The van der Waals surface area contributed by atoms with Gasteiger partial charge in [0, 0.05) is 18.3 Å². The van der Waals surface area contributed by atoms with E-state index in [-0.39, 0.29) is 24.3 Å². The van der Waals surface area contributed by atoms with Gasteiger partial charge in [-0.2, -0.15) is 0 Å². The number of benzene rings is 2. The number of amides is 2. The molecular weight excluding hydrogens is 312 g/mol. The second-order valence-corrected chi connectivity index (χ2v) is 6.57.